The van der Waals surface area contributed by atoms with E-state index >= 15 is 0 Å². The molecule has 1 rings (SSSR count). The molecule has 1 aromatic rings. The van der Waals surface area contributed by atoms with Gasteiger partial charge in [-0.1, -0.05) is 0 Å². The standard InChI is InChI=1S/C4H4O.CH4O3S/c1-2-4-5-3-1;1-5(2,3)4/h1-4H;1H3,(H,2,3,4). The van der Waals surface area contributed by atoms with Gasteiger partial charge in [0.1, 0.15) is 0 Å². The van der Waals surface area contributed by atoms with E-state index in [2.05, 4.69) is 4.42 Å². The highest BCUT2D eigenvalue weighted by atomic mass is 32.2. The first-order valence-corrected chi connectivity index (χ1v) is 4.24. The van der Waals surface area contributed by atoms with Crippen molar-refractivity contribution in [2.45, 2.75) is 0 Å². The van der Waals surface area contributed by atoms with Gasteiger partial charge in [-0.3, -0.25) is 4.55 Å². The summed E-state index contributed by atoms with van der Waals surface area (Å²) in [7, 11) is -3.67. The third-order valence-electron chi connectivity index (χ3n) is 0.425. The van der Waals surface area contributed by atoms with Crippen LogP contribution in [0.2, 0.25) is 0 Å². The Balaban J connectivity index is 0.000000162. The molecule has 4 nitrogen and oxygen atoms in total. The highest BCUT2D eigenvalue weighted by molar-refractivity contribution is 7.85. The van der Waals surface area contributed by atoms with Crippen molar-refractivity contribution in [3.8, 4) is 0 Å². The Morgan fingerprint density at radius 1 is 1.30 bits per heavy atom. The summed E-state index contributed by atoms with van der Waals surface area (Å²) in [5.41, 5.74) is 0. The molecule has 0 aliphatic carbocycles. The molecule has 0 saturated carbocycles. The summed E-state index contributed by atoms with van der Waals surface area (Å²) in [6.07, 6.45) is 3.97. The molecule has 0 unspecified atom stereocenters. The third kappa shape index (κ3) is 15.7. The van der Waals surface area contributed by atoms with Crippen LogP contribution in [0.15, 0.2) is 29.1 Å². The van der Waals surface area contributed by atoms with Crippen molar-refractivity contribution in [1.82, 2.24) is 0 Å². The van der Waals surface area contributed by atoms with Crippen LogP contribution in [0.1, 0.15) is 0 Å². The lowest BCUT2D eigenvalue weighted by molar-refractivity contribution is 0.490. The van der Waals surface area contributed by atoms with Gasteiger partial charge in [0.15, 0.2) is 0 Å². The Labute approximate surface area is 59.2 Å². The highest BCUT2D eigenvalue weighted by Gasteiger charge is 1.81. The number of hydrogen-bond donors (Lipinski definition) is 1. The maximum absolute atomic E-state index is 9.19. The summed E-state index contributed by atoms with van der Waals surface area (Å²) in [6, 6.07) is 3.67. The van der Waals surface area contributed by atoms with Gasteiger partial charge in [-0.2, -0.15) is 8.42 Å². The lowest BCUT2D eigenvalue weighted by atomic mass is 10.7. The van der Waals surface area contributed by atoms with Crippen LogP contribution in [0.3, 0.4) is 0 Å². The Bertz CT molecular complexity index is 209. The summed E-state index contributed by atoms with van der Waals surface area (Å²) in [4.78, 5) is 0. The smallest absolute Gasteiger partial charge is 0.261 e. The number of hydrogen-bond acceptors (Lipinski definition) is 3. The van der Waals surface area contributed by atoms with E-state index in [0.717, 1.165) is 0 Å². The van der Waals surface area contributed by atoms with E-state index in [-0.39, 0.29) is 0 Å². The Hall–Kier alpha value is -0.810. The fraction of sp³-hybridized carbons (Fsp3) is 0.200. The second kappa shape index (κ2) is 4.08. The fourth-order valence-electron chi connectivity index (χ4n) is 0.227. The quantitative estimate of drug-likeness (QED) is 0.575. The first-order valence-electron chi connectivity index (χ1n) is 2.40. The lowest BCUT2D eigenvalue weighted by Crippen LogP contribution is -1.88. The average Bonchev–Trinajstić information content (AvgIpc) is 2.07. The van der Waals surface area contributed by atoms with Gasteiger partial charge in [-0.15, -0.1) is 0 Å². The molecule has 0 atom stereocenters. The summed E-state index contributed by atoms with van der Waals surface area (Å²) in [6.45, 7) is 0. The van der Waals surface area contributed by atoms with Crippen LogP contribution in [0, 0.1) is 0 Å². The van der Waals surface area contributed by atoms with Crippen molar-refractivity contribution in [3.63, 3.8) is 0 Å². The monoisotopic (exact) mass is 164 g/mol. The molecule has 58 valence electrons. The molecule has 0 radical (unpaired) electrons. The van der Waals surface area contributed by atoms with Gasteiger partial charge in [0.05, 0.1) is 18.8 Å². The fourth-order valence-corrected chi connectivity index (χ4v) is 0.227. The molecular formula is C5H8O4S. The predicted octanol–water partition coefficient (Wildman–Crippen LogP) is 0.784. The van der Waals surface area contributed by atoms with Crippen LogP contribution in [0.5, 0.6) is 0 Å². The molecule has 0 aliphatic rings. The summed E-state index contributed by atoms with van der Waals surface area (Å²) in [5.74, 6) is 0. The number of rotatable bonds is 0. The van der Waals surface area contributed by atoms with Crippen molar-refractivity contribution in [3.05, 3.63) is 24.7 Å². The first-order chi connectivity index (χ1) is 4.50. The minimum absolute atomic E-state index is 0.715. The van der Waals surface area contributed by atoms with Gasteiger partial charge in [-0.25, -0.2) is 0 Å². The van der Waals surface area contributed by atoms with Crippen LogP contribution in [-0.2, 0) is 10.1 Å². The van der Waals surface area contributed by atoms with Gasteiger partial charge < -0.3 is 4.42 Å². The van der Waals surface area contributed by atoms with Crippen LogP contribution >= 0.6 is 0 Å². The molecule has 0 aromatic carbocycles. The van der Waals surface area contributed by atoms with Crippen molar-refractivity contribution < 1.29 is 17.4 Å². The molecule has 1 heterocycles. The minimum atomic E-state index is -3.67. The number of furan rings is 1. The Kier molecular flexibility index (Phi) is 3.75. The molecule has 0 fully saturated rings. The van der Waals surface area contributed by atoms with E-state index in [1.54, 1.807) is 12.5 Å². The molecule has 0 bridgehead atoms. The van der Waals surface area contributed by atoms with E-state index in [1.807, 2.05) is 12.1 Å². The van der Waals surface area contributed by atoms with Crippen LogP contribution in [-0.4, -0.2) is 19.2 Å². The van der Waals surface area contributed by atoms with E-state index < -0.39 is 10.1 Å². The van der Waals surface area contributed by atoms with E-state index in [0.29, 0.717) is 6.26 Å². The summed E-state index contributed by atoms with van der Waals surface area (Å²) < 4.78 is 30.5. The summed E-state index contributed by atoms with van der Waals surface area (Å²) >= 11 is 0. The zero-order chi connectivity index (χ0) is 8.04. The van der Waals surface area contributed by atoms with E-state index in [1.165, 1.54) is 0 Å². The normalized spacial score (nSPS) is 9.80. The van der Waals surface area contributed by atoms with E-state index in [4.69, 9.17) is 4.55 Å². The lowest BCUT2D eigenvalue weighted by Gasteiger charge is -1.69. The SMILES string of the molecule is CS(=O)(=O)O.c1ccoc1. The maximum atomic E-state index is 9.19. The van der Waals surface area contributed by atoms with Gasteiger partial charge in [0, 0.05) is 0 Å². The second-order valence-corrected chi connectivity index (χ2v) is 2.99. The Morgan fingerprint density at radius 3 is 1.70 bits per heavy atom. The predicted molar refractivity (Wildman–Crippen MR) is 36.2 cm³/mol. The largest absolute Gasteiger partial charge is 0.473 e. The van der Waals surface area contributed by atoms with E-state index in [9.17, 15) is 8.42 Å². The zero-order valence-electron chi connectivity index (χ0n) is 5.39. The molecule has 1 N–H and O–H groups in total. The van der Waals surface area contributed by atoms with Gasteiger partial charge in [0.2, 0.25) is 0 Å². The van der Waals surface area contributed by atoms with Gasteiger partial charge in [0.25, 0.3) is 10.1 Å². The van der Waals surface area contributed by atoms with Crippen LogP contribution in [0.25, 0.3) is 0 Å². The molecular weight excluding hydrogens is 156 g/mol. The molecule has 0 spiro atoms. The Morgan fingerprint density at radius 2 is 1.60 bits per heavy atom. The van der Waals surface area contributed by atoms with Crippen molar-refractivity contribution in [2.75, 3.05) is 6.26 Å². The van der Waals surface area contributed by atoms with Crippen molar-refractivity contribution in [1.29, 1.82) is 0 Å². The van der Waals surface area contributed by atoms with Crippen LogP contribution < -0.4 is 0 Å². The molecule has 0 amide bonds. The van der Waals surface area contributed by atoms with Crippen molar-refractivity contribution in [2.24, 2.45) is 0 Å². The first kappa shape index (κ1) is 9.19. The maximum Gasteiger partial charge on any atom is 0.261 e. The molecule has 5 heteroatoms. The van der Waals surface area contributed by atoms with Crippen LogP contribution in [0.4, 0.5) is 0 Å². The topological polar surface area (TPSA) is 67.5 Å². The van der Waals surface area contributed by atoms with Gasteiger partial charge >= 0.3 is 0 Å². The molecule has 0 saturated heterocycles. The van der Waals surface area contributed by atoms with Gasteiger partial charge in [-0.05, 0) is 12.1 Å². The summed E-state index contributed by atoms with van der Waals surface area (Å²) in [5, 5.41) is 0. The highest BCUT2D eigenvalue weighted by Crippen LogP contribution is 1.79. The zero-order valence-corrected chi connectivity index (χ0v) is 6.21. The third-order valence-corrected chi connectivity index (χ3v) is 0.425. The minimum Gasteiger partial charge on any atom is -0.473 e. The van der Waals surface area contributed by atoms with Crippen molar-refractivity contribution >= 4 is 10.1 Å². The molecule has 0 aliphatic heterocycles. The average molecular weight is 164 g/mol. The second-order valence-electron chi connectivity index (χ2n) is 1.53. The molecule has 10 heavy (non-hydrogen) atoms. The molecule has 1 aromatic heterocycles.